The van der Waals surface area contributed by atoms with E-state index in [-0.39, 0.29) is 5.54 Å². The first-order valence-corrected chi connectivity index (χ1v) is 5.24. The van der Waals surface area contributed by atoms with Gasteiger partial charge in [-0.2, -0.15) is 0 Å². The standard InChI is InChI=1S/C11H14ClN3/c1-11(2)7-14-10(13)15(11)9-5-3-4-8(12)6-9/h3-6H,7H2,1-2H3,(H2,13,14). The molecule has 0 aromatic heterocycles. The maximum absolute atomic E-state index is 5.96. The molecule has 0 saturated heterocycles. The Labute approximate surface area is 94.5 Å². The summed E-state index contributed by atoms with van der Waals surface area (Å²) in [4.78, 5) is 6.27. The molecule has 1 aromatic carbocycles. The lowest BCUT2D eigenvalue weighted by molar-refractivity contribution is 0.557. The van der Waals surface area contributed by atoms with Crippen LogP contribution in [0.25, 0.3) is 0 Å². The third-order valence-corrected chi connectivity index (χ3v) is 2.76. The van der Waals surface area contributed by atoms with Gasteiger partial charge in [0.1, 0.15) is 0 Å². The van der Waals surface area contributed by atoms with Gasteiger partial charge in [0.2, 0.25) is 0 Å². The van der Waals surface area contributed by atoms with Gasteiger partial charge in [0.05, 0.1) is 12.1 Å². The largest absolute Gasteiger partial charge is 0.369 e. The van der Waals surface area contributed by atoms with Gasteiger partial charge in [-0.25, -0.2) is 0 Å². The lowest BCUT2D eigenvalue weighted by Gasteiger charge is -2.32. The number of benzene rings is 1. The Morgan fingerprint density at radius 3 is 2.73 bits per heavy atom. The fourth-order valence-corrected chi connectivity index (χ4v) is 2.01. The highest BCUT2D eigenvalue weighted by Crippen LogP contribution is 2.29. The molecule has 0 fully saturated rings. The van der Waals surface area contributed by atoms with E-state index in [1.165, 1.54) is 0 Å². The molecule has 1 aromatic rings. The Kier molecular flexibility index (Phi) is 2.35. The fourth-order valence-electron chi connectivity index (χ4n) is 1.82. The molecule has 0 saturated carbocycles. The normalized spacial score (nSPS) is 19.1. The van der Waals surface area contributed by atoms with E-state index in [9.17, 15) is 0 Å². The maximum atomic E-state index is 5.96. The quantitative estimate of drug-likeness (QED) is 0.794. The summed E-state index contributed by atoms with van der Waals surface area (Å²) in [5, 5.41) is 0.711. The van der Waals surface area contributed by atoms with Crippen molar-refractivity contribution in [3.8, 4) is 0 Å². The first kappa shape index (κ1) is 10.3. The predicted molar refractivity (Wildman–Crippen MR) is 64.5 cm³/mol. The van der Waals surface area contributed by atoms with E-state index in [0.29, 0.717) is 17.5 Å². The van der Waals surface area contributed by atoms with Crippen molar-refractivity contribution in [3.63, 3.8) is 0 Å². The van der Waals surface area contributed by atoms with E-state index in [1.54, 1.807) is 0 Å². The molecule has 0 amide bonds. The molecule has 2 rings (SSSR count). The summed E-state index contributed by atoms with van der Waals surface area (Å²) in [6.45, 7) is 4.93. The molecule has 0 spiro atoms. The monoisotopic (exact) mass is 223 g/mol. The zero-order chi connectivity index (χ0) is 11.1. The van der Waals surface area contributed by atoms with Gasteiger partial charge in [-0.1, -0.05) is 17.7 Å². The summed E-state index contributed by atoms with van der Waals surface area (Å²) in [7, 11) is 0. The second-order valence-corrected chi connectivity index (χ2v) is 4.74. The van der Waals surface area contributed by atoms with Gasteiger partial charge in [0.25, 0.3) is 0 Å². The summed E-state index contributed by atoms with van der Waals surface area (Å²) in [6.07, 6.45) is 0. The third-order valence-electron chi connectivity index (χ3n) is 2.53. The highest BCUT2D eigenvalue weighted by atomic mass is 35.5. The highest BCUT2D eigenvalue weighted by molar-refractivity contribution is 6.30. The molecule has 1 heterocycles. The summed E-state index contributed by atoms with van der Waals surface area (Å²) in [5.74, 6) is 0.558. The number of nitrogens with two attached hydrogens (primary N) is 1. The zero-order valence-electron chi connectivity index (χ0n) is 8.87. The van der Waals surface area contributed by atoms with E-state index in [0.717, 1.165) is 5.69 Å². The number of rotatable bonds is 1. The van der Waals surface area contributed by atoms with Crippen molar-refractivity contribution in [3.05, 3.63) is 29.3 Å². The number of nitrogens with zero attached hydrogens (tertiary/aromatic N) is 2. The SMILES string of the molecule is CC1(C)CN=C(N)N1c1cccc(Cl)c1. The van der Waals surface area contributed by atoms with Crippen molar-refractivity contribution in [2.45, 2.75) is 19.4 Å². The Bertz CT molecular complexity index is 412. The van der Waals surface area contributed by atoms with Gasteiger partial charge >= 0.3 is 0 Å². The number of hydrogen-bond donors (Lipinski definition) is 1. The summed E-state index contributed by atoms with van der Waals surface area (Å²) in [6, 6.07) is 7.65. The molecule has 1 aliphatic heterocycles. The molecule has 3 nitrogen and oxygen atoms in total. The topological polar surface area (TPSA) is 41.6 Å². The van der Waals surface area contributed by atoms with Crippen molar-refractivity contribution in [1.29, 1.82) is 0 Å². The average molecular weight is 224 g/mol. The Balaban J connectivity index is 2.42. The molecule has 4 heteroatoms. The molecule has 0 atom stereocenters. The summed E-state index contributed by atoms with van der Waals surface area (Å²) in [5.41, 5.74) is 6.79. The minimum atomic E-state index is -0.0746. The van der Waals surface area contributed by atoms with Crippen LogP contribution in [0.3, 0.4) is 0 Å². The van der Waals surface area contributed by atoms with Crippen LogP contribution in [0.1, 0.15) is 13.8 Å². The molecule has 0 radical (unpaired) electrons. The van der Waals surface area contributed by atoms with Crippen LogP contribution in [0.4, 0.5) is 5.69 Å². The summed E-state index contributed by atoms with van der Waals surface area (Å²) < 4.78 is 0. The van der Waals surface area contributed by atoms with Gasteiger partial charge in [-0.15, -0.1) is 0 Å². The molecule has 80 valence electrons. The van der Waals surface area contributed by atoms with Crippen molar-refractivity contribution >= 4 is 23.2 Å². The van der Waals surface area contributed by atoms with Crippen molar-refractivity contribution < 1.29 is 0 Å². The van der Waals surface area contributed by atoms with E-state index < -0.39 is 0 Å². The molecule has 2 N–H and O–H groups in total. The predicted octanol–water partition coefficient (Wildman–Crippen LogP) is 2.25. The van der Waals surface area contributed by atoms with Gasteiger partial charge in [0, 0.05) is 10.7 Å². The van der Waals surface area contributed by atoms with Crippen LogP contribution in [0.15, 0.2) is 29.3 Å². The van der Waals surface area contributed by atoms with E-state index >= 15 is 0 Å². The summed E-state index contributed by atoms with van der Waals surface area (Å²) >= 11 is 5.96. The minimum absolute atomic E-state index is 0.0746. The lowest BCUT2D eigenvalue weighted by Crippen LogP contribution is -2.47. The van der Waals surface area contributed by atoms with Crippen LogP contribution in [0.5, 0.6) is 0 Å². The molecule has 15 heavy (non-hydrogen) atoms. The molecule has 0 unspecified atom stereocenters. The van der Waals surface area contributed by atoms with Gasteiger partial charge < -0.3 is 10.6 Å². The first-order valence-electron chi connectivity index (χ1n) is 4.86. The first-order chi connectivity index (χ1) is 7.00. The van der Waals surface area contributed by atoms with Crippen molar-refractivity contribution in [2.24, 2.45) is 10.7 Å². The number of aliphatic imine (C=N–C) groups is 1. The van der Waals surface area contributed by atoms with Crippen LogP contribution in [0.2, 0.25) is 5.02 Å². The fraction of sp³-hybridized carbons (Fsp3) is 0.364. The molecular weight excluding hydrogens is 210 g/mol. The number of halogens is 1. The third kappa shape index (κ3) is 1.79. The molecule has 0 bridgehead atoms. The molecular formula is C11H14ClN3. The Hall–Kier alpha value is -1.22. The average Bonchev–Trinajstić information content (AvgIpc) is 2.40. The van der Waals surface area contributed by atoms with Crippen LogP contribution in [-0.4, -0.2) is 18.0 Å². The lowest BCUT2D eigenvalue weighted by atomic mass is 10.0. The molecule has 1 aliphatic rings. The van der Waals surface area contributed by atoms with E-state index in [4.69, 9.17) is 17.3 Å². The van der Waals surface area contributed by atoms with Crippen LogP contribution < -0.4 is 10.6 Å². The maximum Gasteiger partial charge on any atom is 0.196 e. The van der Waals surface area contributed by atoms with Crippen molar-refractivity contribution in [2.75, 3.05) is 11.4 Å². The Morgan fingerprint density at radius 1 is 1.47 bits per heavy atom. The zero-order valence-corrected chi connectivity index (χ0v) is 9.62. The highest BCUT2D eigenvalue weighted by Gasteiger charge is 2.34. The smallest absolute Gasteiger partial charge is 0.196 e. The minimum Gasteiger partial charge on any atom is -0.369 e. The number of guanidine groups is 1. The van der Waals surface area contributed by atoms with Crippen LogP contribution in [-0.2, 0) is 0 Å². The molecule has 0 aliphatic carbocycles. The van der Waals surface area contributed by atoms with Gasteiger partial charge in [-0.3, -0.25) is 4.99 Å². The van der Waals surface area contributed by atoms with Crippen molar-refractivity contribution in [1.82, 2.24) is 0 Å². The van der Waals surface area contributed by atoms with E-state index in [2.05, 4.69) is 18.8 Å². The van der Waals surface area contributed by atoms with Crippen LogP contribution in [0, 0.1) is 0 Å². The number of anilines is 1. The number of hydrogen-bond acceptors (Lipinski definition) is 3. The Morgan fingerprint density at radius 2 is 2.20 bits per heavy atom. The second kappa shape index (κ2) is 3.42. The van der Waals surface area contributed by atoms with Gasteiger partial charge in [0.15, 0.2) is 5.96 Å². The van der Waals surface area contributed by atoms with Gasteiger partial charge in [-0.05, 0) is 32.0 Å². The second-order valence-electron chi connectivity index (χ2n) is 4.30. The van der Waals surface area contributed by atoms with Crippen LogP contribution >= 0.6 is 11.6 Å². The van der Waals surface area contributed by atoms with E-state index in [1.807, 2.05) is 29.2 Å².